The molecule has 0 N–H and O–H groups in total. The van der Waals surface area contributed by atoms with Crippen molar-refractivity contribution >= 4 is 44.0 Å². The van der Waals surface area contributed by atoms with Crippen LogP contribution in [0.25, 0.3) is 76.8 Å². The molecule has 6 bridgehead atoms. The summed E-state index contributed by atoms with van der Waals surface area (Å²) < 4.78 is 5.04. The summed E-state index contributed by atoms with van der Waals surface area (Å²) in [7, 11) is 1.24. The number of hydrogen-bond acceptors (Lipinski definition) is 4. The van der Waals surface area contributed by atoms with Crippen LogP contribution in [-0.4, -0.2) is 18.0 Å². The summed E-state index contributed by atoms with van der Waals surface area (Å²) in [5.41, 5.74) is 7.48. The molecular formula is C38H23NO4. The number of nitro groups is 1. The minimum absolute atomic E-state index is 0.0781. The maximum atomic E-state index is 13.0. The van der Waals surface area contributed by atoms with Gasteiger partial charge in [0, 0.05) is 6.07 Å². The maximum absolute atomic E-state index is 13.0. The molecule has 0 fully saturated rings. The quantitative estimate of drug-likeness (QED) is 0.0935. The zero-order chi connectivity index (χ0) is 29.2. The molecule has 5 nitrogen and oxygen atoms in total. The molecule has 0 radical (unpaired) electrons. The Kier molecular flexibility index (Phi) is 5.43. The molecule has 0 saturated carbocycles. The first kappa shape index (κ1) is 24.9. The Balaban J connectivity index is 1.72. The second kappa shape index (κ2) is 9.36. The van der Waals surface area contributed by atoms with Crippen molar-refractivity contribution in [1.82, 2.24) is 0 Å². The van der Waals surface area contributed by atoms with Crippen molar-refractivity contribution in [3.63, 3.8) is 0 Å². The zero-order valence-electron chi connectivity index (χ0n) is 23.1. The Morgan fingerprint density at radius 2 is 1.05 bits per heavy atom. The third-order valence-electron chi connectivity index (χ3n) is 8.61. The molecule has 0 unspecified atom stereocenters. The average Bonchev–Trinajstić information content (AvgIpc) is 3.05. The molecular weight excluding hydrogens is 534 g/mol. The fourth-order valence-electron chi connectivity index (χ4n) is 6.86. The van der Waals surface area contributed by atoms with Gasteiger partial charge in [0.25, 0.3) is 5.69 Å². The molecule has 1 aliphatic rings. The smallest absolute Gasteiger partial charge is 0.344 e. The number of carbonyl (C=O) groups is 1. The molecule has 0 spiro atoms. The van der Waals surface area contributed by atoms with Gasteiger partial charge in [0.1, 0.15) is 5.56 Å². The van der Waals surface area contributed by atoms with E-state index in [1.165, 1.54) is 12.5 Å². The molecule has 0 aliphatic heterocycles. The molecule has 0 atom stereocenters. The van der Waals surface area contributed by atoms with E-state index in [-0.39, 0.29) is 11.3 Å². The summed E-state index contributed by atoms with van der Waals surface area (Å²) in [5.74, 6) is -0.748. The summed E-state index contributed by atoms with van der Waals surface area (Å²) in [5, 5.41) is 18.4. The Morgan fingerprint density at radius 1 is 0.558 bits per heavy atom. The van der Waals surface area contributed by atoms with E-state index in [1.807, 2.05) is 48.5 Å². The van der Waals surface area contributed by atoms with Crippen LogP contribution in [0.3, 0.4) is 0 Å². The Morgan fingerprint density at radius 3 is 1.51 bits per heavy atom. The second-order valence-corrected chi connectivity index (χ2v) is 10.8. The van der Waals surface area contributed by atoms with E-state index in [4.69, 9.17) is 4.74 Å². The van der Waals surface area contributed by atoms with Gasteiger partial charge in [-0.15, -0.1) is 0 Å². The van der Waals surface area contributed by atoms with Crippen molar-refractivity contribution in [2.24, 2.45) is 0 Å². The Bertz CT molecular complexity index is 2310. The van der Waals surface area contributed by atoms with Crippen LogP contribution in [0.15, 0.2) is 121 Å². The van der Waals surface area contributed by atoms with Gasteiger partial charge < -0.3 is 4.74 Å². The van der Waals surface area contributed by atoms with Crippen LogP contribution in [0.1, 0.15) is 10.4 Å². The lowest BCUT2D eigenvalue weighted by Gasteiger charge is -2.27. The third-order valence-corrected chi connectivity index (χ3v) is 8.61. The van der Waals surface area contributed by atoms with E-state index in [1.54, 1.807) is 12.1 Å². The van der Waals surface area contributed by atoms with Gasteiger partial charge in [-0.25, -0.2) is 4.79 Å². The van der Waals surface area contributed by atoms with Crippen LogP contribution < -0.4 is 0 Å². The van der Waals surface area contributed by atoms with Gasteiger partial charge in [-0.05, 0) is 82.9 Å². The summed E-state index contributed by atoms with van der Waals surface area (Å²) >= 11 is 0. The van der Waals surface area contributed by atoms with E-state index in [2.05, 4.69) is 60.7 Å². The molecule has 0 saturated heterocycles. The van der Waals surface area contributed by atoms with Crippen molar-refractivity contribution in [1.29, 1.82) is 0 Å². The van der Waals surface area contributed by atoms with Crippen molar-refractivity contribution in [2.75, 3.05) is 7.11 Å². The van der Waals surface area contributed by atoms with Gasteiger partial charge >= 0.3 is 5.97 Å². The first-order chi connectivity index (χ1) is 21.1. The van der Waals surface area contributed by atoms with Crippen LogP contribution >= 0.6 is 0 Å². The molecule has 204 valence electrons. The number of carbonyl (C=O) groups excluding carboxylic acids is 1. The van der Waals surface area contributed by atoms with Gasteiger partial charge in [-0.1, -0.05) is 109 Å². The highest BCUT2D eigenvalue weighted by Gasteiger charge is 2.31. The monoisotopic (exact) mass is 557 g/mol. The second-order valence-electron chi connectivity index (χ2n) is 10.8. The normalized spacial score (nSPS) is 11.7. The van der Waals surface area contributed by atoms with Crippen molar-refractivity contribution in [3.8, 4) is 44.5 Å². The van der Waals surface area contributed by atoms with Crippen LogP contribution in [0.2, 0.25) is 0 Å². The first-order valence-electron chi connectivity index (χ1n) is 14.0. The topological polar surface area (TPSA) is 69.4 Å². The largest absolute Gasteiger partial charge is 0.465 e. The van der Waals surface area contributed by atoms with Gasteiger partial charge in [0.15, 0.2) is 0 Å². The molecule has 7 aromatic rings. The summed E-state index contributed by atoms with van der Waals surface area (Å²) in [4.78, 5) is 24.9. The van der Waals surface area contributed by atoms with Crippen LogP contribution in [0, 0.1) is 10.1 Å². The lowest BCUT2D eigenvalue weighted by molar-refractivity contribution is -0.385. The number of esters is 1. The highest BCUT2D eigenvalue weighted by molar-refractivity contribution is 6.27. The lowest BCUT2D eigenvalue weighted by Crippen LogP contribution is -2.07. The number of fused-ring (bicyclic) bond motifs is 4. The zero-order valence-corrected chi connectivity index (χ0v) is 23.1. The standard InChI is InChI=1S/C38H23NO4/c1-43-38(40)32-20-30-31(21-33(32)39(41)42)35(23-12-6-3-7-13-23)37-29-17-9-15-25-24-14-8-16-28(26(24)18-19-27(25)29)36(37)34(30)22-10-4-2-5-11-22/h2-21H,1H3. The molecule has 0 heterocycles. The number of methoxy groups -OCH3 is 1. The number of ether oxygens (including phenoxy) is 1. The van der Waals surface area contributed by atoms with Gasteiger partial charge in [0.05, 0.1) is 12.0 Å². The fourth-order valence-corrected chi connectivity index (χ4v) is 6.86. The molecule has 0 aromatic heterocycles. The number of hydrogen-bond donors (Lipinski definition) is 0. The number of benzene rings is 7. The molecule has 8 rings (SSSR count). The maximum Gasteiger partial charge on any atom is 0.344 e. The van der Waals surface area contributed by atoms with Crippen LogP contribution in [-0.2, 0) is 4.74 Å². The van der Waals surface area contributed by atoms with E-state index in [0.29, 0.717) is 5.39 Å². The van der Waals surface area contributed by atoms with Crippen LogP contribution in [0.5, 0.6) is 0 Å². The molecule has 43 heavy (non-hydrogen) atoms. The van der Waals surface area contributed by atoms with Crippen molar-refractivity contribution < 1.29 is 14.5 Å². The predicted molar refractivity (Wildman–Crippen MR) is 172 cm³/mol. The van der Waals surface area contributed by atoms with Crippen LogP contribution in [0.4, 0.5) is 5.69 Å². The fraction of sp³-hybridized carbons (Fsp3) is 0.0263. The molecule has 0 amide bonds. The number of nitro benzene ring substituents is 1. The van der Waals surface area contributed by atoms with Gasteiger partial charge in [0.2, 0.25) is 0 Å². The van der Waals surface area contributed by atoms with Crippen molar-refractivity contribution in [3.05, 3.63) is 137 Å². The number of nitrogens with zero attached hydrogens (tertiary/aromatic N) is 1. The van der Waals surface area contributed by atoms with Gasteiger partial charge in [-0.2, -0.15) is 0 Å². The first-order valence-corrected chi connectivity index (χ1v) is 14.0. The summed E-state index contributed by atoms with van der Waals surface area (Å²) in [6.45, 7) is 0. The number of rotatable bonds is 4. The highest BCUT2D eigenvalue weighted by atomic mass is 16.6. The molecule has 1 aliphatic carbocycles. The summed E-state index contributed by atoms with van der Waals surface area (Å²) in [6, 6.07) is 40.4. The molecule has 5 heteroatoms. The minimum atomic E-state index is -0.748. The lowest BCUT2D eigenvalue weighted by atomic mass is 9.75. The SMILES string of the molecule is COC(=O)c1cc2c(-c3ccccc3)c3c(c(-c4ccccc4)c2cc1[N+](=O)[O-])-c1cccc2c1ccc1c-3cccc12. The Hall–Kier alpha value is -5.81. The minimum Gasteiger partial charge on any atom is -0.465 e. The van der Waals surface area contributed by atoms with Gasteiger partial charge in [-0.3, -0.25) is 10.1 Å². The van der Waals surface area contributed by atoms with E-state index >= 15 is 0 Å². The van der Waals surface area contributed by atoms with Crippen molar-refractivity contribution in [2.45, 2.75) is 0 Å². The highest BCUT2D eigenvalue weighted by Crippen LogP contribution is 2.55. The van der Waals surface area contributed by atoms with E-state index < -0.39 is 10.9 Å². The third kappa shape index (κ3) is 3.55. The van der Waals surface area contributed by atoms with E-state index in [0.717, 1.165) is 66.1 Å². The Labute approximate surface area is 246 Å². The summed E-state index contributed by atoms with van der Waals surface area (Å²) in [6.07, 6.45) is 0. The molecule has 7 aromatic carbocycles. The average molecular weight is 558 g/mol. The predicted octanol–water partition coefficient (Wildman–Crippen LogP) is 9.82. The van der Waals surface area contributed by atoms with E-state index in [9.17, 15) is 14.9 Å².